The van der Waals surface area contributed by atoms with E-state index in [1.807, 2.05) is 0 Å². The third-order valence-electron chi connectivity index (χ3n) is 2.43. The Bertz CT molecular complexity index is 679. The zero-order chi connectivity index (χ0) is 15.5. The fourth-order valence-electron chi connectivity index (χ4n) is 1.40. The van der Waals surface area contributed by atoms with E-state index < -0.39 is 37.5 Å². The number of terminal acetylenes is 1. The lowest BCUT2D eigenvalue weighted by Crippen LogP contribution is -2.33. The highest BCUT2D eigenvalue weighted by molar-refractivity contribution is 7.89. The molecule has 0 radical (unpaired) electrons. The number of carboxylic acid groups (broad SMARTS) is 1. The maximum absolute atomic E-state index is 12.2. The van der Waals surface area contributed by atoms with Gasteiger partial charge in [0, 0.05) is 5.02 Å². The van der Waals surface area contributed by atoms with Gasteiger partial charge < -0.3 is 5.11 Å². The largest absolute Gasteiger partial charge is 0.478 e. The minimum absolute atomic E-state index is 0.0547. The lowest BCUT2D eigenvalue weighted by Gasteiger charge is -2.13. The molecule has 0 saturated heterocycles. The Morgan fingerprint density at radius 2 is 2.10 bits per heavy atom. The summed E-state index contributed by atoms with van der Waals surface area (Å²) in [7, 11) is -4.07. The predicted molar refractivity (Wildman–Crippen MR) is 76.7 cm³/mol. The van der Waals surface area contributed by atoms with E-state index in [2.05, 4.69) is 10.6 Å². The first-order valence-electron chi connectivity index (χ1n) is 5.43. The molecule has 2 N–H and O–H groups in total. The molecule has 0 saturated carbocycles. The van der Waals surface area contributed by atoms with Gasteiger partial charge in [-0.1, -0.05) is 36.0 Å². The average molecular weight is 336 g/mol. The fraction of sp³-hybridized carbons (Fsp3) is 0.250. The van der Waals surface area contributed by atoms with E-state index in [4.69, 9.17) is 34.7 Å². The van der Waals surface area contributed by atoms with Gasteiger partial charge in [0.15, 0.2) is 0 Å². The van der Waals surface area contributed by atoms with Crippen molar-refractivity contribution in [1.82, 2.24) is 4.72 Å². The predicted octanol–water partition coefficient (Wildman–Crippen LogP) is 2.38. The van der Waals surface area contributed by atoms with Crippen LogP contribution in [0.2, 0.25) is 10.0 Å². The van der Waals surface area contributed by atoms with Crippen molar-refractivity contribution in [2.24, 2.45) is 0 Å². The van der Waals surface area contributed by atoms with Crippen LogP contribution >= 0.6 is 23.2 Å². The van der Waals surface area contributed by atoms with Crippen molar-refractivity contribution in [2.75, 3.05) is 0 Å². The lowest BCUT2D eigenvalue weighted by atomic mass is 10.2. The summed E-state index contributed by atoms with van der Waals surface area (Å²) in [4.78, 5) is 10.6. The van der Waals surface area contributed by atoms with E-state index in [0.29, 0.717) is 6.42 Å². The van der Waals surface area contributed by atoms with Crippen LogP contribution in [0.4, 0.5) is 0 Å². The highest BCUT2D eigenvalue weighted by Crippen LogP contribution is 2.29. The monoisotopic (exact) mass is 335 g/mol. The van der Waals surface area contributed by atoms with Crippen LogP contribution in [0.5, 0.6) is 0 Å². The third-order valence-corrected chi connectivity index (χ3v) is 4.66. The number of benzene rings is 1. The van der Waals surface area contributed by atoms with Crippen molar-refractivity contribution >= 4 is 39.2 Å². The topological polar surface area (TPSA) is 83.5 Å². The number of carbonyl (C=O) groups is 1. The van der Waals surface area contributed by atoms with Crippen molar-refractivity contribution in [3.05, 3.63) is 27.7 Å². The van der Waals surface area contributed by atoms with Crippen molar-refractivity contribution in [1.29, 1.82) is 0 Å². The summed E-state index contributed by atoms with van der Waals surface area (Å²) < 4.78 is 26.6. The maximum Gasteiger partial charge on any atom is 0.337 e. The van der Waals surface area contributed by atoms with E-state index in [1.54, 1.807) is 6.92 Å². The zero-order valence-corrected chi connectivity index (χ0v) is 12.7. The molecule has 1 unspecified atom stereocenters. The summed E-state index contributed by atoms with van der Waals surface area (Å²) in [5.74, 6) is 0.889. The van der Waals surface area contributed by atoms with Gasteiger partial charge in [0.1, 0.15) is 4.90 Å². The second-order valence-corrected chi connectivity index (χ2v) is 6.32. The lowest BCUT2D eigenvalue weighted by molar-refractivity contribution is 0.0697. The number of carboxylic acids is 1. The van der Waals surface area contributed by atoms with Gasteiger partial charge in [-0.25, -0.2) is 13.2 Å². The molecule has 20 heavy (non-hydrogen) atoms. The number of aromatic carboxylic acids is 1. The first kappa shape index (κ1) is 16.8. The van der Waals surface area contributed by atoms with Crippen LogP contribution in [0.25, 0.3) is 0 Å². The van der Waals surface area contributed by atoms with Gasteiger partial charge >= 0.3 is 5.97 Å². The molecule has 0 spiro atoms. The minimum Gasteiger partial charge on any atom is -0.478 e. The summed E-state index contributed by atoms with van der Waals surface area (Å²) >= 11 is 11.5. The first-order valence-corrected chi connectivity index (χ1v) is 7.67. The molecule has 1 aromatic carbocycles. The second kappa shape index (κ2) is 6.46. The summed E-state index contributed by atoms with van der Waals surface area (Å²) in [6.07, 6.45) is 5.56. The molecular formula is C12H11Cl2NO4S. The van der Waals surface area contributed by atoms with Gasteiger partial charge in [0.25, 0.3) is 0 Å². The molecule has 0 aliphatic carbocycles. The smallest absolute Gasteiger partial charge is 0.337 e. The summed E-state index contributed by atoms with van der Waals surface area (Å²) in [6.45, 7) is 1.70. The Hall–Kier alpha value is -1.26. The van der Waals surface area contributed by atoms with Crippen LogP contribution in [0.3, 0.4) is 0 Å². The zero-order valence-electron chi connectivity index (χ0n) is 10.4. The molecule has 108 valence electrons. The molecule has 5 nitrogen and oxygen atoms in total. The summed E-state index contributed by atoms with van der Waals surface area (Å²) in [6, 6.07) is 1.43. The van der Waals surface area contributed by atoms with Gasteiger partial charge in [-0.05, 0) is 18.6 Å². The number of hydrogen-bond acceptors (Lipinski definition) is 3. The van der Waals surface area contributed by atoms with E-state index >= 15 is 0 Å². The first-order chi connectivity index (χ1) is 9.22. The fourth-order valence-corrected chi connectivity index (χ4v) is 3.54. The van der Waals surface area contributed by atoms with Gasteiger partial charge in [0.05, 0.1) is 16.6 Å². The number of rotatable bonds is 5. The molecule has 8 heteroatoms. The molecule has 1 rings (SSSR count). The van der Waals surface area contributed by atoms with Gasteiger partial charge in [0.2, 0.25) is 10.0 Å². The van der Waals surface area contributed by atoms with E-state index in [0.717, 1.165) is 12.1 Å². The Labute approximate surface area is 126 Å². The van der Waals surface area contributed by atoms with Crippen LogP contribution in [0, 0.1) is 12.3 Å². The molecule has 0 fully saturated rings. The molecule has 1 atom stereocenters. The molecule has 0 bridgehead atoms. The SMILES string of the molecule is C#CC(CC)NS(=O)(=O)c1cc(Cl)cc(C(=O)O)c1Cl. The molecule has 0 heterocycles. The standard InChI is InChI=1S/C12H11Cl2NO4S/c1-3-8(4-2)15-20(18,19)10-6-7(13)5-9(11(10)14)12(16)17/h1,5-6,8,15H,4H2,2H3,(H,16,17). The Morgan fingerprint density at radius 1 is 1.50 bits per heavy atom. The van der Waals surface area contributed by atoms with Crippen LogP contribution < -0.4 is 4.72 Å². The van der Waals surface area contributed by atoms with Gasteiger partial charge in [-0.3, -0.25) is 0 Å². The Morgan fingerprint density at radius 3 is 2.55 bits per heavy atom. The molecule has 0 amide bonds. The number of halogens is 2. The van der Waals surface area contributed by atoms with Crippen molar-refractivity contribution in [3.8, 4) is 12.3 Å². The van der Waals surface area contributed by atoms with Crippen LogP contribution in [-0.4, -0.2) is 25.5 Å². The van der Waals surface area contributed by atoms with Gasteiger partial charge in [-0.2, -0.15) is 4.72 Å². The highest BCUT2D eigenvalue weighted by atomic mass is 35.5. The highest BCUT2D eigenvalue weighted by Gasteiger charge is 2.25. The van der Waals surface area contributed by atoms with E-state index in [9.17, 15) is 13.2 Å². The third kappa shape index (κ3) is 3.64. The van der Waals surface area contributed by atoms with E-state index in [-0.39, 0.29) is 5.02 Å². The maximum atomic E-state index is 12.2. The number of nitrogens with one attached hydrogen (secondary N) is 1. The second-order valence-electron chi connectivity index (χ2n) is 3.82. The van der Waals surface area contributed by atoms with Crippen molar-refractivity contribution in [3.63, 3.8) is 0 Å². The van der Waals surface area contributed by atoms with E-state index in [1.165, 1.54) is 0 Å². The molecular weight excluding hydrogens is 325 g/mol. The van der Waals surface area contributed by atoms with Crippen LogP contribution in [0.1, 0.15) is 23.7 Å². The Kier molecular flexibility index (Phi) is 5.42. The average Bonchev–Trinajstić information content (AvgIpc) is 2.37. The molecule has 0 aromatic heterocycles. The normalized spacial score (nSPS) is 12.7. The quantitative estimate of drug-likeness (QED) is 0.809. The molecule has 1 aromatic rings. The Balaban J connectivity index is 3.40. The molecule has 0 aliphatic heterocycles. The minimum atomic E-state index is -4.07. The van der Waals surface area contributed by atoms with Crippen LogP contribution in [-0.2, 0) is 10.0 Å². The van der Waals surface area contributed by atoms with Crippen molar-refractivity contribution in [2.45, 2.75) is 24.3 Å². The molecule has 0 aliphatic rings. The summed E-state index contributed by atoms with van der Waals surface area (Å²) in [5.41, 5.74) is -0.395. The summed E-state index contributed by atoms with van der Waals surface area (Å²) in [5, 5.41) is 8.49. The van der Waals surface area contributed by atoms with Crippen molar-refractivity contribution < 1.29 is 18.3 Å². The number of sulfonamides is 1. The number of hydrogen-bond donors (Lipinski definition) is 2. The van der Waals surface area contributed by atoms with Crippen LogP contribution in [0.15, 0.2) is 17.0 Å². The van der Waals surface area contributed by atoms with Gasteiger partial charge in [-0.15, -0.1) is 6.42 Å².